The van der Waals surface area contributed by atoms with E-state index in [-0.39, 0.29) is 5.41 Å². The minimum Gasteiger partial charge on any atom is -0.481 e. The molecule has 3 saturated carbocycles. The predicted octanol–water partition coefficient (Wildman–Crippen LogP) is 2.85. The van der Waals surface area contributed by atoms with Crippen LogP contribution in [0.1, 0.15) is 31.2 Å². The van der Waals surface area contributed by atoms with Crippen LogP contribution in [0.15, 0.2) is 30.3 Å². The number of hydrogen-bond donors (Lipinski definition) is 1. The molecule has 0 unspecified atom stereocenters. The second kappa shape index (κ2) is 4.09. The summed E-state index contributed by atoms with van der Waals surface area (Å²) in [4.78, 5) is 10.7. The Morgan fingerprint density at radius 2 is 1.83 bits per heavy atom. The third-order valence-electron chi connectivity index (χ3n) is 4.30. The summed E-state index contributed by atoms with van der Waals surface area (Å²) < 4.78 is 5.77. The Balaban J connectivity index is 1.41. The molecule has 0 spiro atoms. The van der Waals surface area contributed by atoms with E-state index in [9.17, 15) is 4.79 Å². The lowest BCUT2D eigenvalue weighted by Crippen LogP contribution is -2.64. The Morgan fingerprint density at radius 3 is 2.44 bits per heavy atom. The summed E-state index contributed by atoms with van der Waals surface area (Å²) in [6, 6.07) is 10.2. The molecular formula is C15H18O3. The molecule has 18 heavy (non-hydrogen) atoms. The van der Waals surface area contributed by atoms with Gasteiger partial charge >= 0.3 is 5.97 Å². The summed E-state index contributed by atoms with van der Waals surface area (Å²) in [7, 11) is 0. The fraction of sp³-hybridized carbons (Fsp3) is 0.533. The maximum absolute atomic E-state index is 10.7. The van der Waals surface area contributed by atoms with E-state index in [2.05, 4.69) is 12.1 Å². The number of rotatable bonds is 6. The van der Waals surface area contributed by atoms with Crippen molar-refractivity contribution in [2.45, 2.75) is 32.3 Å². The lowest BCUT2D eigenvalue weighted by Gasteiger charge is -2.70. The number of benzene rings is 1. The third-order valence-corrected chi connectivity index (χ3v) is 4.30. The van der Waals surface area contributed by atoms with E-state index in [0.29, 0.717) is 18.4 Å². The van der Waals surface area contributed by atoms with Crippen LogP contribution in [0.25, 0.3) is 0 Å². The van der Waals surface area contributed by atoms with E-state index in [1.165, 1.54) is 5.56 Å². The molecular weight excluding hydrogens is 228 g/mol. The lowest BCUT2D eigenvalue weighted by molar-refractivity contribution is -0.237. The molecule has 1 aromatic carbocycles. The van der Waals surface area contributed by atoms with E-state index < -0.39 is 5.97 Å². The van der Waals surface area contributed by atoms with Gasteiger partial charge in [0.1, 0.15) is 0 Å². The van der Waals surface area contributed by atoms with Crippen molar-refractivity contribution in [1.82, 2.24) is 0 Å². The zero-order valence-electron chi connectivity index (χ0n) is 10.4. The van der Waals surface area contributed by atoms with Gasteiger partial charge < -0.3 is 9.84 Å². The fourth-order valence-corrected chi connectivity index (χ4v) is 3.85. The van der Waals surface area contributed by atoms with E-state index in [1.54, 1.807) is 0 Å². The average molecular weight is 246 g/mol. The summed E-state index contributed by atoms with van der Waals surface area (Å²) in [6.07, 6.45) is 3.47. The molecule has 3 aliphatic carbocycles. The molecule has 0 saturated heterocycles. The molecule has 3 aliphatic rings. The van der Waals surface area contributed by atoms with Gasteiger partial charge in [-0.25, -0.2) is 0 Å². The van der Waals surface area contributed by atoms with Crippen LogP contribution in [-0.4, -0.2) is 17.7 Å². The van der Waals surface area contributed by atoms with Crippen LogP contribution < -0.4 is 0 Å². The van der Waals surface area contributed by atoms with Crippen molar-refractivity contribution in [1.29, 1.82) is 0 Å². The zero-order chi connectivity index (χ0) is 12.6. The smallest absolute Gasteiger partial charge is 0.303 e. The Labute approximate surface area is 107 Å². The summed E-state index contributed by atoms with van der Waals surface area (Å²) in [5.74, 6) is -0.659. The minimum absolute atomic E-state index is 0.127. The number of carboxylic acids is 1. The van der Waals surface area contributed by atoms with Gasteiger partial charge in [0.15, 0.2) is 0 Å². The van der Waals surface area contributed by atoms with Gasteiger partial charge in [-0.05, 0) is 35.7 Å². The molecule has 0 radical (unpaired) electrons. The van der Waals surface area contributed by atoms with Crippen LogP contribution in [0.5, 0.6) is 0 Å². The number of carboxylic acid groups (broad SMARTS) is 1. The SMILES string of the molecule is O=C(O)CC12CC(COCc3ccccc3)(C1)C2. The molecule has 3 fully saturated rings. The molecule has 0 atom stereocenters. The van der Waals surface area contributed by atoms with E-state index in [4.69, 9.17) is 9.84 Å². The number of carbonyl (C=O) groups is 1. The van der Waals surface area contributed by atoms with Gasteiger partial charge in [0.25, 0.3) is 0 Å². The van der Waals surface area contributed by atoms with Crippen LogP contribution >= 0.6 is 0 Å². The summed E-state index contributed by atoms with van der Waals surface area (Å²) in [6.45, 7) is 1.44. The molecule has 96 valence electrons. The van der Waals surface area contributed by atoms with Crippen molar-refractivity contribution in [2.24, 2.45) is 10.8 Å². The highest BCUT2D eigenvalue weighted by molar-refractivity contribution is 5.68. The fourth-order valence-electron chi connectivity index (χ4n) is 3.85. The van der Waals surface area contributed by atoms with Gasteiger partial charge in [-0.1, -0.05) is 30.3 Å². The standard InChI is InChI=1S/C15H18O3/c16-13(17)6-14-8-15(9-14,10-14)11-18-7-12-4-2-1-3-5-12/h1-5H,6-11H2,(H,16,17). The first kappa shape index (κ1) is 11.7. The molecule has 3 heteroatoms. The Hall–Kier alpha value is -1.35. The maximum atomic E-state index is 10.7. The van der Waals surface area contributed by atoms with Gasteiger partial charge in [-0.15, -0.1) is 0 Å². The van der Waals surface area contributed by atoms with Gasteiger partial charge in [0.2, 0.25) is 0 Å². The second-order valence-corrected chi connectivity index (χ2v) is 6.08. The average Bonchev–Trinajstić information content (AvgIpc) is 2.25. The van der Waals surface area contributed by atoms with Gasteiger partial charge in [0, 0.05) is 0 Å². The van der Waals surface area contributed by atoms with Crippen molar-refractivity contribution >= 4 is 5.97 Å². The molecule has 3 nitrogen and oxygen atoms in total. The van der Waals surface area contributed by atoms with E-state index in [1.807, 2.05) is 18.2 Å². The molecule has 0 heterocycles. The van der Waals surface area contributed by atoms with Gasteiger partial charge in [-0.3, -0.25) is 4.79 Å². The van der Waals surface area contributed by atoms with Crippen molar-refractivity contribution < 1.29 is 14.6 Å². The Morgan fingerprint density at radius 1 is 1.17 bits per heavy atom. The first-order valence-corrected chi connectivity index (χ1v) is 6.45. The third kappa shape index (κ3) is 2.03. The van der Waals surface area contributed by atoms with Crippen molar-refractivity contribution in [3.05, 3.63) is 35.9 Å². The van der Waals surface area contributed by atoms with Crippen molar-refractivity contribution in [3.63, 3.8) is 0 Å². The lowest BCUT2D eigenvalue weighted by atomic mass is 9.34. The van der Waals surface area contributed by atoms with Gasteiger partial charge in [0.05, 0.1) is 19.6 Å². The zero-order valence-corrected chi connectivity index (χ0v) is 10.4. The maximum Gasteiger partial charge on any atom is 0.303 e. The Bertz CT molecular complexity index is 432. The van der Waals surface area contributed by atoms with Crippen molar-refractivity contribution in [3.8, 4) is 0 Å². The van der Waals surface area contributed by atoms with Crippen LogP contribution in [-0.2, 0) is 16.1 Å². The van der Waals surface area contributed by atoms with E-state index >= 15 is 0 Å². The van der Waals surface area contributed by atoms with Crippen LogP contribution in [0, 0.1) is 10.8 Å². The summed E-state index contributed by atoms with van der Waals surface area (Å²) in [5.41, 5.74) is 1.64. The van der Waals surface area contributed by atoms with Crippen LogP contribution in [0.4, 0.5) is 0 Å². The number of ether oxygens (including phenoxy) is 1. The normalized spacial score (nSPS) is 32.4. The van der Waals surface area contributed by atoms with Crippen LogP contribution in [0.2, 0.25) is 0 Å². The van der Waals surface area contributed by atoms with Gasteiger partial charge in [-0.2, -0.15) is 0 Å². The van der Waals surface area contributed by atoms with Crippen molar-refractivity contribution in [2.75, 3.05) is 6.61 Å². The summed E-state index contributed by atoms with van der Waals surface area (Å²) in [5, 5.41) is 8.82. The molecule has 1 aromatic rings. The number of hydrogen-bond acceptors (Lipinski definition) is 2. The molecule has 0 aliphatic heterocycles. The first-order chi connectivity index (χ1) is 8.62. The molecule has 4 rings (SSSR count). The summed E-state index contributed by atoms with van der Waals surface area (Å²) >= 11 is 0. The first-order valence-electron chi connectivity index (χ1n) is 6.45. The molecule has 0 aromatic heterocycles. The monoisotopic (exact) mass is 246 g/mol. The topological polar surface area (TPSA) is 46.5 Å². The molecule has 2 bridgehead atoms. The highest BCUT2D eigenvalue weighted by Gasteiger charge is 2.67. The largest absolute Gasteiger partial charge is 0.481 e. The number of aliphatic carboxylic acids is 1. The minimum atomic E-state index is -0.659. The highest BCUT2D eigenvalue weighted by Crippen LogP contribution is 2.74. The molecule has 1 N–H and O–H groups in total. The second-order valence-electron chi connectivity index (χ2n) is 6.08. The van der Waals surface area contributed by atoms with Crippen LogP contribution in [0.3, 0.4) is 0 Å². The quantitative estimate of drug-likeness (QED) is 0.839. The predicted molar refractivity (Wildman–Crippen MR) is 67.1 cm³/mol. The Kier molecular flexibility index (Phi) is 2.67. The highest BCUT2D eigenvalue weighted by atomic mass is 16.5. The van der Waals surface area contributed by atoms with E-state index in [0.717, 1.165) is 25.9 Å². The molecule has 0 amide bonds.